The first kappa shape index (κ1) is 12.9. The van der Waals surface area contributed by atoms with E-state index in [9.17, 15) is 5.11 Å². The smallest absolute Gasteiger partial charge is 0.138 e. The molecule has 3 heteroatoms. The van der Waals surface area contributed by atoms with Crippen molar-refractivity contribution in [2.45, 2.75) is 19.6 Å². The zero-order valence-electron chi connectivity index (χ0n) is 10.1. The molecule has 0 unspecified atom stereocenters. The Labute approximate surface area is 112 Å². The molecule has 0 aliphatic carbocycles. The summed E-state index contributed by atoms with van der Waals surface area (Å²) in [6.07, 6.45) is -0.523. The largest absolute Gasteiger partial charge is 0.487 e. The normalized spacial score (nSPS) is 12.2. The minimum Gasteiger partial charge on any atom is -0.487 e. The van der Waals surface area contributed by atoms with Crippen LogP contribution in [0.3, 0.4) is 0 Å². The molecule has 0 saturated carbocycles. The maximum Gasteiger partial charge on any atom is 0.138 e. The van der Waals surface area contributed by atoms with Crippen LogP contribution in [-0.2, 0) is 6.61 Å². The molecule has 0 amide bonds. The van der Waals surface area contributed by atoms with Crippen molar-refractivity contribution in [3.63, 3.8) is 0 Å². The van der Waals surface area contributed by atoms with E-state index >= 15 is 0 Å². The van der Waals surface area contributed by atoms with E-state index in [0.717, 1.165) is 11.1 Å². The summed E-state index contributed by atoms with van der Waals surface area (Å²) in [5.74, 6) is 0.630. The van der Waals surface area contributed by atoms with Crippen LogP contribution in [0.4, 0.5) is 0 Å². The van der Waals surface area contributed by atoms with Crippen molar-refractivity contribution in [1.29, 1.82) is 0 Å². The van der Waals surface area contributed by atoms with Gasteiger partial charge in [-0.25, -0.2) is 0 Å². The summed E-state index contributed by atoms with van der Waals surface area (Å²) in [5, 5.41) is 9.97. The topological polar surface area (TPSA) is 29.5 Å². The van der Waals surface area contributed by atoms with Crippen LogP contribution < -0.4 is 4.74 Å². The Morgan fingerprint density at radius 3 is 2.50 bits per heavy atom. The highest BCUT2D eigenvalue weighted by atomic mass is 35.5. The second-order valence-electron chi connectivity index (χ2n) is 4.14. The number of aliphatic hydroxyl groups excluding tert-OH is 1. The van der Waals surface area contributed by atoms with Crippen molar-refractivity contribution in [2.75, 3.05) is 0 Å². The number of aliphatic hydroxyl groups is 1. The van der Waals surface area contributed by atoms with Gasteiger partial charge in [0.1, 0.15) is 12.4 Å². The molecule has 18 heavy (non-hydrogen) atoms. The molecule has 0 aromatic heterocycles. The van der Waals surface area contributed by atoms with Gasteiger partial charge in [0.15, 0.2) is 0 Å². The first-order valence-electron chi connectivity index (χ1n) is 5.81. The fourth-order valence-electron chi connectivity index (χ4n) is 1.63. The maximum absolute atomic E-state index is 9.45. The molecule has 94 valence electrons. The van der Waals surface area contributed by atoms with Crippen molar-refractivity contribution in [1.82, 2.24) is 0 Å². The zero-order valence-corrected chi connectivity index (χ0v) is 10.9. The molecule has 0 saturated heterocycles. The first-order chi connectivity index (χ1) is 8.66. The van der Waals surface area contributed by atoms with Gasteiger partial charge in [-0.1, -0.05) is 48.0 Å². The minimum atomic E-state index is -0.523. The Morgan fingerprint density at radius 1 is 1.17 bits per heavy atom. The third-order valence-corrected chi connectivity index (χ3v) is 2.97. The fraction of sp³-hybridized carbons (Fsp3) is 0.200. The molecule has 0 bridgehead atoms. The number of hydrogen-bond donors (Lipinski definition) is 1. The van der Waals surface area contributed by atoms with Gasteiger partial charge in [0.25, 0.3) is 0 Å². The summed E-state index contributed by atoms with van der Waals surface area (Å²) in [5.41, 5.74) is 1.88. The molecule has 1 N–H and O–H groups in total. The molecule has 0 aliphatic heterocycles. The molecule has 2 nitrogen and oxygen atoms in total. The predicted octanol–water partition coefficient (Wildman–Crippen LogP) is 3.97. The van der Waals surface area contributed by atoms with Crippen LogP contribution in [0.25, 0.3) is 0 Å². The second-order valence-corrected chi connectivity index (χ2v) is 4.55. The molecule has 2 aromatic carbocycles. The minimum absolute atomic E-state index is 0.481. The summed E-state index contributed by atoms with van der Waals surface area (Å²) >= 11 is 6.10. The maximum atomic E-state index is 9.45. The van der Waals surface area contributed by atoms with Gasteiger partial charge in [0, 0.05) is 0 Å². The van der Waals surface area contributed by atoms with Crippen molar-refractivity contribution >= 4 is 11.6 Å². The van der Waals surface area contributed by atoms with Gasteiger partial charge in [-0.2, -0.15) is 0 Å². The third-order valence-electron chi connectivity index (χ3n) is 2.68. The average molecular weight is 263 g/mol. The van der Waals surface area contributed by atoms with E-state index < -0.39 is 6.10 Å². The van der Waals surface area contributed by atoms with Gasteiger partial charge in [0.2, 0.25) is 0 Å². The summed E-state index contributed by atoms with van der Waals surface area (Å²) in [7, 11) is 0. The van der Waals surface area contributed by atoms with Gasteiger partial charge < -0.3 is 9.84 Å². The Bertz CT molecular complexity index is 509. The van der Waals surface area contributed by atoms with E-state index in [1.165, 1.54) is 0 Å². The lowest BCUT2D eigenvalue weighted by Crippen LogP contribution is -1.97. The summed E-state index contributed by atoms with van der Waals surface area (Å²) in [4.78, 5) is 0. The Morgan fingerprint density at radius 2 is 1.89 bits per heavy atom. The van der Waals surface area contributed by atoms with Gasteiger partial charge in [0.05, 0.1) is 11.1 Å². The molecule has 0 fully saturated rings. The van der Waals surface area contributed by atoms with Crippen LogP contribution >= 0.6 is 11.6 Å². The van der Waals surface area contributed by atoms with Crippen LogP contribution in [0.2, 0.25) is 5.02 Å². The van der Waals surface area contributed by atoms with E-state index in [4.69, 9.17) is 16.3 Å². The quantitative estimate of drug-likeness (QED) is 0.903. The standard InChI is InChI=1S/C15H15ClO2/c1-11(17)13-7-8-15(14(16)9-13)18-10-12-5-3-2-4-6-12/h2-9,11,17H,10H2,1H3/t11-/m0/s1. The highest BCUT2D eigenvalue weighted by molar-refractivity contribution is 6.32. The monoisotopic (exact) mass is 262 g/mol. The van der Waals surface area contributed by atoms with Gasteiger partial charge >= 0.3 is 0 Å². The predicted molar refractivity (Wildman–Crippen MR) is 72.9 cm³/mol. The molecule has 1 atom stereocenters. The van der Waals surface area contributed by atoms with Crippen molar-refractivity contribution in [2.24, 2.45) is 0 Å². The van der Waals surface area contributed by atoms with E-state index in [1.807, 2.05) is 36.4 Å². The molecule has 0 radical (unpaired) electrons. The van der Waals surface area contributed by atoms with Crippen LogP contribution in [0.1, 0.15) is 24.2 Å². The number of hydrogen-bond acceptors (Lipinski definition) is 2. The third kappa shape index (κ3) is 3.25. The molecule has 2 aromatic rings. The number of halogens is 1. The summed E-state index contributed by atoms with van der Waals surface area (Å²) in [6.45, 7) is 2.19. The molecular weight excluding hydrogens is 248 g/mol. The number of rotatable bonds is 4. The van der Waals surface area contributed by atoms with Gasteiger partial charge in [-0.3, -0.25) is 0 Å². The van der Waals surface area contributed by atoms with Crippen LogP contribution in [0.15, 0.2) is 48.5 Å². The summed E-state index contributed by atoms with van der Waals surface area (Å²) in [6, 6.07) is 15.2. The fourth-order valence-corrected chi connectivity index (χ4v) is 1.87. The Kier molecular flexibility index (Phi) is 4.24. The second kappa shape index (κ2) is 5.89. The number of ether oxygens (including phenoxy) is 1. The van der Waals surface area contributed by atoms with E-state index in [2.05, 4.69) is 0 Å². The highest BCUT2D eigenvalue weighted by Gasteiger charge is 2.06. The van der Waals surface area contributed by atoms with Gasteiger partial charge in [-0.15, -0.1) is 0 Å². The van der Waals surface area contributed by atoms with E-state index in [0.29, 0.717) is 17.4 Å². The SMILES string of the molecule is C[C@H](O)c1ccc(OCc2ccccc2)c(Cl)c1. The van der Waals surface area contributed by atoms with E-state index in [1.54, 1.807) is 19.1 Å². The van der Waals surface area contributed by atoms with Crippen molar-refractivity contribution in [3.05, 3.63) is 64.7 Å². The lowest BCUT2D eigenvalue weighted by molar-refractivity contribution is 0.199. The average Bonchev–Trinajstić information content (AvgIpc) is 2.38. The Hall–Kier alpha value is -1.51. The molecular formula is C15H15ClO2. The molecule has 0 spiro atoms. The van der Waals surface area contributed by atoms with Crippen LogP contribution in [0, 0.1) is 0 Å². The molecule has 2 rings (SSSR count). The lowest BCUT2D eigenvalue weighted by Gasteiger charge is -2.10. The first-order valence-corrected chi connectivity index (χ1v) is 6.19. The van der Waals surface area contributed by atoms with E-state index in [-0.39, 0.29) is 0 Å². The molecule has 0 heterocycles. The van der Waals surface area contributed by atoms with Crippen molar-refractivity contribution < 1.29 is 9.84 Å². The van der Waals surface area contributed by atoms with Crippen LogP contribution in [0.5, 0.6) is 5.75 Å². The van der Waals surface area contributed by atoms with Crippen LogP contribution in [-0.4, -0.2) is 5.11 Å². The van der Waals surface area contributed by atoms with Crippen molar-refractivity contribution in [3.8, 4) is 5.75 Å². The highest BCUT2D eigenvalue weighted by Crippen LogP contribution is 2.28. The summed E-state index contributed by atoms with van der Waals surface area (Å²) < 4.78 is 5.64. The lowest BCUT2D eigenvalue weighted by atomic mass is 10.1. The molecule has 0 aliphatic rings. The number of benzene rings is 2. The Balaban J connectivity index is 2.06. The van der Waals surface area contributed by atoms with Gasteiger partial charge in [-0.05, 0) is 30.2 Å². The zero-order chi connectivity index (χ0) is 13.0.